The number of hydrazine groups is 1. The van der Waals surface area contributed by atoms with Crippen LogP contribution in [-0.4, -0.2) is 16.0 Å². The molecule has 0 spiro atoms. The first kappa shape index (κ1) is 11.1. The normalized spacial score (nSPS) is 23.1. The highest BCUT2D eigenvalue weighted by Crippen LogP contribution is 2.38. The molecular weight excluding hydrogens is 202 g/mol. The molecule has 2 rings (SSSR count). The third-order valence-corrected chi connectivity index (χ3v) is 3.11. The highest BCUT2D eigenvalue weighted by molar-refractivity contribution is 5.40. The molecule has 0 radical (unpaired) electrons. The lowest BCUT2D eigenvalue weighted by Gasteiger charge is -2.18. The Hall–Kier alpha value is -1.36. The first-order chi connectivity index (χ1) is 7.59. The predicted molar refractivity (Wildman–Crippen MR) is 64.9 cm³/mol. The smallest absolute Gasteiger partial charge is 0.239 e. The van der Waals surface area contributed by atoms with Crippen LogP contribution in [0.1, 0.15) is 33.1 Å². The van der Waals surface area contributed by atoms with E-state index in [1.165, 1.54) is 19.3 Å². The lowest BCUT2D eigenvalue weighted by molar-refractivity contribution is 0.378. The summed E-state index contributed by atoms with van der Waals surface area (Å²) in [6.07, 6.45) is 5.34. The van der Waals surface area contributed by atoms with Gasteiger partial charge in [0.1, 0.15) is 5.82 Å². The van der Waals surface area contributed by atoms with E-state index >= 15 is 0 Å². The largest absolute Gasteiger partial charge is 0.367 e. The highest BCUT2D eigenvalue weighted by atomic mass is 15.3. The molecule has 0 aliphatic heterocycles. The molecule has 1 unspecified atom stereocenters. The molecule has 5 nitrogen and oxygen atoms in total. The first-order valence-corrected chi connectivity index (χ1v) is 5.65. The van der Waals surface area contributed by atoms with Crippen molar-refractivity contribution in [1.29, 1.82) is 0 Å². The van der Waals surface area contributed by atoms with Gasteiger partial charge in [-0.05, 0) is 30.7 Å². The van der Waals surface area contributed by atoms with E-state index in [4.69, 9.17) is 5.84 Å². The van der Waals surface area contributed by atoms with E-state index in [9.17, 15) is 0 Å². The highest BCUT2D eigenvalue weighted by Gasteiger charge is 2.30. The molecule has 1 aromatic rings. The van der Waals surface area contributed by atoms with Gasteiger partial charge in [-0.2, -0.15) is 4.98 Å². The molecule has 0 amide bonds. The Labute approximate surface area is 95.8 Å². The Morgan fingerprint density at radius 3 is 2.94 bits per heavy atom. The van der Waals surface area contributed by atoms with Crippen LogP contribution in [0, 0.1) is 5.41 Å². The summed E-state index contributed by atoms with van der Waals surface area (Å²) in [5, 5.41) is 3.42. The van der Waals surface area contributed by atoms with E-state index in [1.807, 2.05) is 6.07 Å². The predicted octanol–water partition coefficient (Wildman–Crippen LogP) is 1.75. The molecule has 1 aliphatic rings. The van der Waals surface area contributed by atoms with E-state index in [-0.39, 0.29) is 0 Å². The fraction of sp³-hybridized carbons (Fsp3) is 0.636. The second kappa shape index (κ2) is 4.25. The fourth-order valence-electron chi connectivity index (χ4n) is 2.28. The summed E-state index contributed by atoms with van der Waals surface area (Å²) in [5.74, 6) is 6.55. The number of anilines is 2. The molecule has 1 aromatic heterocycles. The summed E-state index contributed by atoms with van der Waals surface area (Å²) >= 11 is 0. The van der Waals surface area contributed by atoms with Crippen LogP contribution in [0.5, 0.6) is 0 Å². The number of rotatable bonds is 3. The SMILES string of the molecule is CC1(C)CCC(Nc2ccnc(NN)n2)C1. The number of nitrogen functional groups attached to an aromatic ring is 1. The van der Waals surface area contributed by atoms with Gasteiger partial charge in [0.25, 0.3) is 0 Å². The zero-order valence-electron chi connectivity index (χ0n) is 9.83. The lowest BCUT2D eigenvalue weighted by Crippen LogP contribution is -2.19. The molecule has 5 heteroatoms. The van der Waals surface area contributed by atoms with Crippen molar-refractivity contribution in [3.63, 3.8) is 0 Å². The van der Waals surface area contributed by atoms with Crippen LogP contribution in [0.15, 0.2) is 12.3 Å². The molecule has 1 atom stereocenters. The summed E-state index contributed by atoms with van der Waals surface area (Å²) in [6, 6.07) is 2.38. The van der Waals surface area contributed by atoms with Crippen molar-refractivity contribution in [1.82, 2.24) is 9.97 Å². The third kappa shape index (κ3) is 2.61. The third-order valence-electron chi connectivity index (χ3n) is 3.11. The minimum Gasteiger partial charge on any atom is -0.367 e. The fourth-order valence-corrected chi connectivity index (χ4v) is 2.28. The first-order valence-electron chi connectivity index (χ1n) is 5.65. The van der Waals surface area contributed by atoms with Crippen LogP contribution in [0.25, 0.3) is 0 Å². The zero-order chi connectivity index (χ0) is 11.6. The minimum absolute atomic E-state index is 0.444. The van der Waals surface area contributed by atoms with Crippen LogP contribution < -0.4 is 16.6 Å². The van der Waals surface area contributed by atoms with Crippen molar-refractivity contribution < 1.29 is 0 Å². The van der Waals surface area contributed by atoms with Gasteiger partial charge in [0.05, 0.1) is 0 Å². The quantitative estimate of drug-likeness (QED) is 0.535. The van der Waals surface area contributed by atoms with Crippen molar-refractivity contribution in [3.05, 3.63) is 12.3 Å². The summed E-state index contributed by atoms with van der Waals surface area (Å²) in [5.41, 5.74) is 2.89. The van der Waals surface area contributed by atoms with Gasteiger partial charge < -0.3 is 5.32 Å². The second-order valence-electron chi connectivity index (χ2n) is 5.16. The Kier molecular flexibility index (Phi) is 2.96. The average Bonchev–Trinajstić information content (AvgIpc) is 2.58. The molecular formula is C11H19N5. The van der Waals surface area contributed by atoms with Crippen LogP contribution in [-0.2, 0) is 0 Å². The molecule has 1 aliphatic carbocycles. The maximum atomic E-state index is 5.27. The molecule has 0 saturated heterocycles. The summed E-state index contributed by atoms with van der Waals surface area (Å²) in [4.78, 5) is 8.22. The van der Waals surface area contributed by atoms with Crippen molar-refractivity contribution in [2.24, 2.45) is 11.3 Å². The topological polar surface area (TPSA) is 75.9 Å². The molecule has 1 heterocycles. The van der Waals surface area contributed by atoms with E-state index in [0.29, 0.717) is 17.4 Å². The number of nitrogens with two attached hydrogens (primary N) is 1. The van der Waals surface area contributed by atoms with Crippen LogP contribution in [0.2, 0.25) is 0 Å². The van der Waals surface area contributed by atoms with Gasteiger partial charge in [0.2, 0.25) is 5.95 Å². The van der Waals surface area contributed by atoms with Crippen LogP contribution in [0.3, 0.4) is 0 Å². The van der Waals surface area contributed by atoms with Gasteiger partial charge in [0.15, 0.2) is 0 Å². The van der Waals surface area contributed by atoms with Gasteiger partial charge in [-0.15, -0.1) is 0 Å². The van der Waals surface area contributed by atoms with Crippen LogP contribution >= 0.6 is 0 Å². The average molecular weight is 221 g/mol. The van der Waals surface area contributed by atoms with Gasteiger partial charge in [-0.3, -0.25) is 5.43 Å². The molecule has 1 saturated carbocycles. The Balaban J connectivity index is 1.99. The van der Waals surface area contributed by atoms with E-state index in [2.05, 4.69) is 34.6 Å². The van der Waals surface area contributed by atoms with Gasteiger partial charge in [0, 0.05) is 12.2 Å². The Bertz CT molecular complexity index is 363. The lowest BCUT2D eigenvalue weighted by atomic mass is 9.92. The minimum atomic E-state index is 0.444. The van der Waals surface area contributed by atoms with E-state index < -0.39 is 0 Å². The molecule has 16 heavy (non-hydrogen) atoms. The van der Waals surface area contributed by atoms with Gasteiger partial charge in [-0.1, -0.05) is 13.8 Å². The summed E-state index contributed by atoms with van der Waals surface area (Å²) < 4.78 is 0. The Morgan fingerprint density at radius 1 is 1.50 bits per heavy atom. The number of nitrogens with one attached hydrogen (secondary N) is 2. The van der Waals surface area contributed by atoms with Crippen LogP contribution in [0.4, 0.5) is 11.8 Å². The second-order valence-corrected chi connectivity index (χ2v) is 5.16. The Morgan fingerprint density at radius 2 is 2.31 bits per heavy atom. The summed E-state index contributed by atoms with van der Waals surface area (Å²) in [7, 11) is 0. The van der Waals surface area contributed by atoms with Gasteiger partial charge >= 0.3 is 0 Å². The van der Waals surface area contributed by atoms with E-state index in [1.54, 1.807) is 6.20 Å². The van der Waals surface area contributed by atoms with Crippen molar-refractivity contribution >= 4 is 11.8 Å². The van der Waals surface area contributed by atoms with Gasteiger partial charge in [-0.25, -0.2) is 10.8 Å². The summed E-state index contributed by atoms with van der Waals surface area (Å²) in [6.45, 7) is 4.61. The number of aromatic nitrogens is 2. The number of hydrogen-bond donors (Lipinski definition) is 3. The molecule has 0 aromatic carbocycles. The molecule has 4 N–H and O–H groups in total. The van der Waals surface area contributed by atoms with Crippen molar-refractivity contribution in [3.8, 4) is 0 Å². The molecule has 0 bridgehead atoms. The molecule has 1 fully saturated rings. The number of hydrogen-bond acceptors (Lipinski definition) is 5. The molecule has 88 valence electrons. The van der Waals surface area contributed by atoms with E-state index in [0.717, 1.165) is 5.82 Å². The maximum Gasteiger partial charge on any atom is 0.239 e. The van der Waals surface area contributed by atoms with Crippen molar-refractivity contribution in [2.75, 3.05) is 10.7 Å². The maximum absolute atomic E-state index is 5.27. The monoisotopic (exact) mass is 221 g/mol. The standard InChI is InChI=1S/C11H19N5/c1-11(2)5-3-8(7-11)14-9-4-6-13-10(15-9)16-12/h4,6,8H,3,5,7,12H2,1-2H3,(H2,13,14,15,16). The zero-order valence-corrected chi connectivity index (χ0v) is 9.83. The van der Waals surface area contributed by atoms with Crippen molar-refractivity contribution in [2.45, 2.75) is 39.2 Å². The number of nitrogens with zero attached hydrogens (tertiary/aromatic N) is 2.